The summed E-state index contributed by atoms with van der Waals surface area (Å²) in [5, 5.41) is 20.1. The fourth-order valence-corrected chi connectivity index (χ4v) is 2.28. The molecule has 116 valence electrons. The summed E-state index contributed by atoms with van der Waals surface area (Å²) in [6.07, 6.45) is 5.60. The van der Waals surface area contributed by atoms with Gasteiger partial charge in [0, 0.05) is 31.9 Å². The van der Waals surface area contributed by atoms with Crippen LogP contribution in [0.3, 0.4) is 0 Å². The van der Waals surface area contributed by atoms with E-state index in [0.717, 1.165) is 5.69 Å². The molecular formula is C14H17N5O3. The van der Waals surface area contributed by atoms with Crippen LogP contribution in [0, 0.1) is 0 Å². The Labute approximate surface area is 126 Å². The molecule has 2 aromatic heterocycles. The first-order valence-electron chi connectivity index (χ1n) is 7.13. The van der Waals surface area contributed by atoms with E-state index < -0.39 is 11.9 Å². The minimum atomic E-state index is -1.17. The van der Waals surface area contributed by atoms with E-state index >= 15 is 0 Å². The first-order valence-corrected chi connectivity index (χ1v) is 7.13. The molecule has 0 saturated heterocycles. The third-order valence-electron chi connectivity index (χ3n) is 3.56. The topological polar surface area (TPSA) is 102 Å². The van der Waals surface area contributed by atoms with Crippen molar-refractivity contribution in [1.82, 2.24) is 24.9 Å². The number of aromatic carboxylic acids is 1. The van der Waals surface area contributed by atoms with Gasteiger partial charge >= 0.3 is 5.97 Å². The fourth-order valence-electron chi connectivity index (χ4n) is 2.28. The second kappa shape index (κ2) is 5.63. The van der Waals surface area contributed by atoms with Crippen molar-refractivity contribution in [3.8, 4) is 0 Å². The van der Waals surface area contributed by atoms with E-state index in [4.69, 9.17) is 5.11 Å². The first-order chi connectivity index (χ1) is 10.5. The average molecular weight is 303 g/mol. The van der Waals surface area contributed by atoms with Gasteiger partial charge in [-0.3, -0.25) is 14.2 Å². The Hall–Kier alpha value is -2.64. The second-order valence-electron chi connectivity index (χ2n) is 5.40. The smallest absolute Gasteiger partial charge is 0.339 e. The van der Waals surface area contributed by atoms with Crippen LogP contribution in [0.2, 0.25) is 0 Å². The van der Waals surface area contributed by atoms with Gasteiger partial charge in [0.25, 0.3) is 5.91 Å². The van der Waals surface area contributed by atoms with Gasteiger partial charge in [-0.05, 0) is 18.9 Å². The molecule has 8 nitrogen and oxygen atoms in total. The first kappa shape index (κ1) is 14.3. The van der Waals surface area contributed by atoms with E-state index in [2.05, 4.69) is 15.5 Å². The number of rotatable bonds is 6. The van der Waals surface area contributed by atoms with Gasteiger partial charge in [0.05, 0.1) is 12.2 Å². The number of carbonyl (C=O) groups excluding carboxylic acids is 1. The van der Waals surface area contributed by atoms with E-state index in [0.29, 0.717) is 19.0 Å². The molecule has 2 N–H and O–H groups in total. The van der Waals surface area contributed by atoms with Gasteiger partial charge in [0.2, 0.25) is 0 Å². The molecule has 1 amide bonds. The number of amides is 1. The lowest BCUT2D eigenvalue weighted by atomic mass is 10.2. The third-order valence-corrected chi connectivity index (χ3v) is 3.56. The molecule has 1 aliphatic rings. The largest absolute Gasteiger partial charge is 0.478 e. The van der Waals surface area contributed by atoms with E-state index in [1.807, 2.05) is 12.3 Å². The molecule has 0 bridgehead atoms. The fraction of sp³-hybridized carbons (Fsp3) is 0.429. The van der Waals surface area contributed by atoms with E-state index in [1.165, 1.54) is 23.7 Å². The van der Waals surface area contributed by atoms with Crippen LogP contribution < -0.4 is 5.32 Å². The standard InChI is InChI=1S/C14H17N5O3/c1-18-8-10(14(21)22)12(17-18)13(20)15-5-7-19-6-4-11(16-19)9-2-3-9/h4,6,8-9H,2-3,5,7H2,1H3,(H,15,20)(H,21,22). The number of aromatic nitrogens is 4. The second-order valence-corrected chi connectivity index (χ2v) is 5.40. The van der Waals surface area contributed by atoms with Gasteiger partial charge < -0.3 is 10.4 Å². The number of nitrogens with one attached hydrogen (secondary N) is 1. The molecule has 0 radical (unpaired) electrons. The van der Waals surface area contributed by atoms with Crippen molar-refractivity contribution in [2.75, 3.05) is 6.54 Å². The minimum Gasteiger partial charge on any atom is -0.478 e. The normalized spacial score (nSPS) is 14.0. The Morgan fingerprint density at radius 1 is 1.41 bits per heavy atom. The van der Waals surface area contributed by atoms with Gasteiger partial charge in [-0.1, -0.05) is 0 Å². The maximum Gasteiger partial charge on any atom is 0.339 e. The number of hydrogen-bond acceptors (Lipinski definition) is 4. The Morgan fingerprint density at radius 2 is 2.18 bits per heavy atom. The molecule has 0 aromatic carbocycles. The van der Waals surface area contributed by atoms with Crippen molar-refractivity contribution in [2.45, 2.75) is 25.3 Å². The molecule has 1 aliphatic carbocycles. The quantitative estimate of drug-likeness (QED) is 0.814. The average Bonchev–Trinajstić information content (AvgIpc) is 3.08. The lowest BCUT2D eigenvalue weighted by molar-refractivity contribution is 0.0691. The summed E-state index contributed by atoms with van der Waals surface area (Å²) in [5.74, 6) is -1.06. The van der Waals surface area contributed by atoms with Crippen molar-refractivity contribution >= 4 is 11.9 Å². The summed E-state index contributed by atoms with van der Waals surface area (Å²) in [6.45, 7) is 0.897. The highest BCUT2D eigenvalue weighted by atomic mass is 16.4. The molecule has 22 heavy (non-hydrogen) atoms. The van der Waals surface area contributed by atoms with Crippen molar-refractivity contribution in [3.05, 3.63) is 35.4 Å². The summed E-state index contributed by atoms with van der Waals surface area (Å²) in [4.78, 5) is 23.1. The van der Waals surface area contributed by atoms with Crippen LogP contribution in [0.4, 0.5) is 0 Å². The predicted octanol–water partition coefficient (Wildman–Crippen LogP) is 0.622. The maximum atomic E-state index is 12.0. The molecule has 0 atom stereocenters. The highest BCUT2D eigenvalue weighted by molar-refractivity contribution is 6.03. The summed E-state index contributed by atoms with van der Waals surface area (Å²) < 4.78 is 3.10. The molecule has 1 saturated carbocycles. The Bertz CT molecular complexity index is 714. The van der Waals surface area contributed by atoms with Gasteiger partial charge in [-0.2, -0.15) is 10.2 Å². The van der Waals surface area contributed by atoms with Crippen LogP contribution >= 0.6 is 0 Å². The predicted molar refractivity (Wildman–Crippen MR) is 76.7 cm³/mol. The molecule has 3 rings (SSSR count). The van der Waals surface area contributed by atoms with Crippen LogP contribution in [0.15, 0.2) is 18.5 Å². The minimum absolute atomic E-state index is 0.0749. The van der Waals surface area contributed by atoms with E-state index in [-0.39, 0.29) is 11.3 Å². The van der Waals surface area contributed by atoms with E-state index in [1.54, 1.807) is 11.7 Å². The van der Waals surface area contributed by atoms with Gasteiger partial charge in [0.15, 0.2) is 5.69 Å². The monoisotopic (exact) mass is 303 g/mol. The SMILES string of the molecule is Cn1cc(C(=O)O)c(C(=O)NCCn2ccc(C3CC3)n2)n1. The Kier molecular flexibility index (Phi) is 3.66. The van der Waals surface area contributed by atoms with E-state index in [9.17, 15) is 9.59 Å². The van der Waals surface area contributed by atoms with Crippen LogP contribution in [-0.4, -0.2) is 43.1 Å². The molecule has 0 aliphatic heterocycles. The van der Waals surface area contributed by atoms with Crippen molar-refractivity contribution in [1.29, 1.82) is 0 Å². The summed E-state index contributed by atoms with van der Waals surface area (Å²) >= 11 is 0. The number of carboxylic acid groups (broad SMARTS) is 1. The van der Waals surface area contributed by atoms with Gasteiger partial charge in [0.1, 0.15) is 5.56 Å². The third kappa shape index (κ3) is 3.00. The van der Waals surface area contributed by atoms with Gasteiger partial charge in [-0.15, -0.1) is 0 Å². The lowest BCUT2D eigenvalue weighted by Gasteiger charge is -2.04. The highest BCUT2D eigenvalue weighted by Gasteiger charge is 2.25. The van der Waals surface area contributed by atoms with Crippen molar-refractivity contribution in [3.63, 3.8) is 0 Å². The zero-order chi connectivity index (χ0) is 15.7. The Morgan fingerprint density at radius 3 is 2.86 bits per heavy atom. The van der Waals surface area contributed by atoms with Crippen molar-refractivity contribution in [2.24, 2.45) is 7.05 Å². The summed E-state index contributed by atoms with van der Waals surface area (Å²) in [5.41, 5.74) is 0.924. The Balaban J connectivity index is 1.56. The number of aryl methyl sites for hydroxylation is 1. The maximum absolute atomic E-state index is 12.0. The summed E-state index contributed by atoms with van der Waals surface area (Å²) in [6, 6.07) is 2.00. The number of hydrogen-bond donors (Lipinski definition) is 2. The lowest BCUT2D eigenvalue weighted by Crippen LogP contribution is -2.29. The molecule has 0 unspecified atom stereocenters. The number of carboxylic acids is 1. The summed E-state index contributed by atoms with van der Waals surface area (Å²) in [7, 11) is 1.58. The van der Waals surface area contributed by atoms with Gasteiger partial charge in [-0.25, -0.2) is 4.79 Å². The zero-order valence-electron chi connectivity index (χ0n) is 12.2. The molecule has 0 spiro atoms. The number of carbonyl (C=O) groups is 2. The highest BCUT2D eigenvalue weighted by Crippen LogP contribution is 2.38. The molecular weight excluding hydrogens is 286 g/mol. The molecule has 8 heteroatoms. The zero-order valence-corrected chi connectivity index (χ0v) is 12.2. The molecule has 1 fully saturated rings. The van der Waals surface area contributed by atoms with Crippen LogP contribution in [-0.2, 0) is 13.6 Å². The van der Waals surface area contributed by atoms with Crippen LogP contribution in [0.5, 0.6) is 0 Å². The van der Waals surface area contributed by atoms with Crippen LogP contribution in [0.25, 0.3) is 0 Å². The molecule has 2 aromatic rings. The van der Waals surface area contributed by atoms with Crippen LogP contribution in [0.1, 0.15) is 45.3 Å². The molecule has 2 heterocycles. The van der Waals surface area contributed by atoms with Crippen molar-refractivity contribution < 1.29 is 14.7 Å². The number of nitrogens with zero attached hydrogens (tertiary/aromatic N) is 4.